The zero-order valence-corrected chi connectivity index (χ0v) is 16.4. The molecular formula is C19H32O9. The smallest absolute Gasteiger partial charge is 0.186 e. The van der Waals surface area contributed by atoms with Crippen molar-refractivity contribution in [1.29, 1.82) is 0 Å². The van der Waals surface area contributed by atoms with Crippen molar-refractivity contribution < 1.29 is 44.8 Å². The van der Waals surface area contributed by atoms with E-state index < -0.39 is 66.1 Å². The van der Waals surface area contributed by atoms with E-state index in [4.69, 9.17) is 14.2 Å². The summed E-state index contributed by atoms with van der Waals surface area (Å²) < 4.78 is 17.3. The molecule has 6 N–H and O–H groups in total. The summed E-state index contributed by atoms with van der Waals surface area (Å²) in [7, 11) is 0. The van der Waals surface area contributed by atoms with Crippen LogP contribution in [0.5, 0.6) is 0 Å². The maximum atomic E-state index is 11.4. The van der Waals surface area contributed by atoms with Crippen LogP contribution in [0.3, 0.4) is 0 Å². The molecule has 162 valence electrons. The van der Waals surface area contributed by atoms with Gasteiger partial charge in [-0.1, -0.05) is 19.1 Å². The SMILES string of the molecule is C[C@@H](O)/C=C/[C@]1(O)[C@@]2(C)CO[C@]1(C)C[C@@H](O[C@@H]1O[C@H](CO)[C@@H](O)[C@H](O)[C@H]1O)C2. The third-order valence-corrected chi connectivity index (χ3v) is 6.52. The van der Waals surface area contributed by atoms with Gasteiger partial charge >= 0.3 is 0 Å². The second-order valence-electron chi connectivity index (χ2n) is 8.81. The van der Waals surface area contributed by atoms with Gasteiger partial charge in [-0.25, -0.2) is 0 Å². The summed E-state index contributed by atoms with van der Waals surface area (Å²) in [6.45, 7) is 5.00. The lowest BCUT2D eigenvalue weighted by Gasteiger charge is -2.51. The molecule has 2 heterocycles. The quantitative estimate of drug-likeness (QED) is 0.299. The Morgan fingerprint density at radius 3 is 2.39 bits per heavy atom. The molecule has 1 aliphatic carbocycles. The number of hydrogen-bond acceptors (Lipinski definition) is 9. The molecule has 3 fully saturated rings. The van der Waals surface area contributed by atoms with Crippen molar-refractivity contribution in [2.24, 2.45) is 5.41 Å². The van der Waals surface area contributed by atoms with Gasteiger partial charge in [0.05, 0.1) is 25.4 Å². The van der Waals surface area contributed by atoms with E-state index in [9.17, 15) is 30.6 Å². The lowest BCUT2D eigenvalue weighted by atomic mass is 9.59. The normalized spacial score (nSPS) is 52.9. The van der Waals surface area contributed by atoms with Crippen molar-refractivity contribution in [2.75, 3.05) is 13.2 Å². The van der Waals surface area contributed by atoms with Crippen LogP contribution in [-0.4, -0.2) is 98.0 Å². The van der Waals surface area contributed by atoms with Crippen LogP contribution < -0.4 is 0 Å². The summed E-state index contributed by atoms with van der Waals surface area (Å²) in [6, 6.07) is 0. The fraction of sp³-hybridized carbons (Fsp3) is 0.895. The highest BCUT2D eigenvalue weighted by atomic mass is 16.7. The minimum Gasteiger partial charge on any atom is -0.394 e. The molecule has 2 saturated heterocycles. The Hall–Kier alpha value is -0.620. The highest BCUT2D eigenvalue weighted by Gasteiger charge is 2.67. The second kappa shape index (κ2) is 7.57. The summed E-state index contributed by atoms with van der Waals surface area (Å²) in [5.41, 5.74) is -3.00. The van der Waals surface area contributed by atoms with E-state index in [1.54, 1.807) is 19.9 Å². The topological polar surface area (TPSA) is 149 Å². The van der Waals surface area contributed by atoms with E-state index in [0.29, 0.717) is 13.0 Å². The zero-order valence-electron chi connectivity index (χ0n) is 16.4. The van der Waals surface area contributed by atoms with Gasteiger partial charge < -0.3 is 44.8 Å². The Balaban J connectivity index is 1.77. The van der Waals surface area contributed by atoms with Gasteiger partial charge in [-0.2, -0.15) is 0 Å². The number of aliphatic hydroxyl groups excluding tert-OH is 5. The van der Waals surface area contributed by atoms with Crippen molar-refractivity contribution >= 4 is 0 Å². The van der Waals surface area contributed by atoms with E-state index >= 15 is 0 Å². The standard InChI is InChI=1S/C19H32O9/c1-10(21)4-5-19(25)17(2)6-11(7-18(19,3)26-9-17)27-16-15(24)14(23)13(22)12(8-20)28-16/h4-5,10-16,20-25H,6-9H2,1-3H3/b5-4+/t10-,11+,12-,13-,14+,15-,16-,17-,18-,19+/m1/s1. The van der Waals surface area contributed by atoms with Crippen LogP contribution >= 0.6 is 0 Å². The lowest BCUT2D eigenvalue weighted by Crippen LogP contribution is -2.63. The molecule has 1 saturated carbocycles. The maximum Gasteiger partial charge on any atom is 0.186 e. The van der Waals surface area contributed by atoms with Crippen molar-refractivity contribution in [1.82, 2.24) is 0 Å². The molecule has 3 aliphatic rings. The molecule has 0 spiro atoms. The van der Waals surface area contributed by atoms with E-state index in [-0.39, 0.29) is 6.42 Å². The molecule has 0 aromatic heterocycles. The zero-order chi connectivity index (χ0) is 20.9. The van der Waals surface area contributed by atoms with Gasteiger partial charge in [0.25, 0.3) is 0 Å². The van der Waals surface area contributed by atoms with Gasteiger partial charge in [0, 0.05) is 11.8 Å². The fourth-order valence-electron chi connectivity index (χ4n) is 4.74. The van der Waals surface area contributed by atoms with Crippen molar-refractivity contribution in [3.63, 3.8) is 0 Å². The Kier molecular flexibility index (Phi) is 5.97. The molecule has 0 aromatic rings. The summed E-state index contributed by atoms with van der Waals surface area (Å²) in [5, 5.41) is 60.4. The molecule has 9 heteroatoms. The summed E-state index contributed by atoms with van der Waals surface area (Å²) in [4.78, 5) is 0. The number of hydrogen-bond donors (Lipinski definition) is 6. The van der Waals surface area contributed by atoms with E-state index in [1.165, 1.54) is 6.08 Å². The van der Waals surface area contributed by atoms with Gasteiger partial charge in [0.1, 0.15) is 35.6 Å². The minimum atomic E-state index is -1.51. The summed E-state index contributed by atoms with van der Waals surface area (Å²) in [6.07, 6.45) is -4.08. The molecule has 0 radical (unpaired) electrons. The van der Waals surface area contributed by atoms with Crippen molar-refractivity contribution in [3.8, 4) is 0 Å². The Morgan fingerprint density at radius 1 is 1.14 bits per heavy atom. The predicted molar refractivity (Wildman–Crippen MR) is 96.1 cm³/mol. The monoisotopic (exact) mass is 404 g/mol. The largest absolute Gasteiger partial charge is 0.394 e. The minimum absolute atomic E-state index is 0.290. The second-order valence-corrected chi connectivity index (χ2v) is 8.81. The van der Waals surface area contributed by atoms with Crippen LogP contribution in [0.15, 0.2) is 12.2 Å². The van der Waals surface area contributed by atoms with Crippen LogP contribution in [0.25, 0.3) is 0 Å². The predicted octanol–water partition coefficient (Wildman–Crippen LogP) is -1.57. The Morgan fingerprint density at radius 2 is 1.82 bits per heavy atom. The maximum absolute atomic E-state index is 11.4. The first-order chi connectivity index (χ1) is 13.0. The van der Waals surface area contributed by atoms with Gasteiger partial charge in [-0.15, -0.1) is 0 Å². The molecule has 28 heavy (non-hydrogen) atoms. The van der Waals surface area contributed by atoms with Crippen LogP contribution in [0.2, 0.25) is 0 Å². The molecule has 0 aromatic carbocycles. The third kappa shape index (κ3) is 3.42. The van der Waals surface area contributed by atoms with Gasteiger partial charge in [0.2, 0.25) is 0 Å². The van der Waals surface area contributed by atoms with Gasteiger partial charge in [-0.3, -0.25) is 0 Å². The number of rotatable bonds is 5. The van der Waals surface area contributed by atoms with E-state index in [0.717, 1.165) is 0 Å². The van der Waals surface area contributed by atoms with Gasteiger partial charge in [0.15, 0.2) is 6.29 Å². The highest BCUT2D eigenvalue weighted by molar-refractivity contribution is 5.26. The summed E-state index contributed by atoms with van der Waals surface area (Å²) in [5.74, 6) is 0. The molecule has 3 rings (SSSR count). The highest BCUT2D eigenvalue weighted by Crippen LogP contribution is 2.58. The molecule has 2 bridgehead atoms. The average molecular weight is 404 g/mol. The van der Waals surface area contributed by atoms with Crippen LogP contribution in [0, 0.1) is 5.41 Å². The first-order valence-electron chi connectivity index (χ1n) is 9.66. The number of ether oxygens (including phenoxy) is 3. The summed E-state index contributed by atoms with van der Waals surface area (Å²) >= 11 is 0. The molecule has 0 unspecified atom stereocenters. The van der Waals surface area contributed by atoms with Gasteiger partial charge in [-0.05, 0) is 20.3 Å². The average Bonchev–Trinajstić information content (AvgIpc) is 2.73. The molecule has 0 amide bonds. The molecule has 10 atom stereocenters. The number of aliphatic hydroxyl groups is 6. The first-order valence-corrected chi connectivity index (χ1v) is 9.66. The van der Waals surface area contributed by atoms with Crippen LogP contribution in [-0.2, 0) is 14.2 Å². The molecular weight excluding hydrogens is 372 g/mol. The van der Waals surface area contributed by atoms with Crippen LogP contribution in [0.4, 0.5) is 0 Å². The third-order valence-electron chi connectivity index (χ3n) is 6.52. The van der Waals surface area contributed by atoms with E-state index in [2.05, 4.69) is 0 Å². The van der Waals surface area contributed by atoms with Crippen molar-refractivity contribution in [3.05, 3.63) is 12.2 Å². The Bertz CT molecular complexity index is 574. The fourth-order valence-corrected chi connectivity index (χ4v) is 4.74. The van der Waals surface area contributed by atoms with E-state index in [1.807, 2.05) is 6.92 Å². The van der Waals surface area contributed by atoms with Crippen LogP contribution in [0.1, 0.15) is 33.6 Å². The number of fused-ring (bicyclic) bond motifs is 2. The Labute approximate surface area is 164 Å². The molecule has 9 nitrogen and oxygen atoms in total. The first kappa shape index (κ1) is 22.1. The van der Waals surface area contributed by atoms with Crippen molar-refractivity contribution in [2.45, 2.75) is 87.7 Å². The lowest BCUT2D eigenvalue weighted by molar-refractivity contribution is -0.319. The molecule has 2 aliphatic heterocycles.